The molecule has 0 N–H and O–H groups in total. The van der Waals surface area contributed by atoms with Gasteiger partial charge in [0.2, 0.25) is 0 Å². The molecule has 0 saturated heterocycles. The van der Waals surface area contributed by atoms with Crippen LogP contribution in [0.15, 0.2) is 42.5 Å². The molecule has 0 spiro atoms. The summed E-state index contributed by atoms with van der Waals surface area (Å²) in [5.41, 5.74) is 1.36. The van der Waals surface area contributed by atoms with Gasteiger partial charge in [-0.25, -0.2) is 0 Å². The molecule has 0 bridgehead atoms. The van der Waals surface area contributed by atoms with Gasteiger partial charge in [-0.15, -0.1) is 0 Å². The van der Waals surface area contributed by atoms with Crippen molar-refractivity contribution in [3.05, 3.63) is 58.6 Å². The van der Waals surface area contributed by atoms with Gasteiger partial charge >= 0.3 is 0 Å². The van der Waals surface area contributed by atoms with Crippen molar-refractivity contribution in [2.45, 2.75) is 6.42 Å². The van der Waals surface area contributed by atoms with Crippen LogP contribution >= 0.6 is 11.6 Å². The molecule has 20 heavy (non-hydrogen) atoms. The van der Waals surface area contributed by atoms with Gasteiger partial charge in [0.05, 0.1) is 19.8 Å². The largest absolute Gasteiger partial charge is 0.496 e. The van der Waals surface area contributed by atoms with E-state index in [0.717, 1.165) is 5.56 Å². The monoisotopic (exact) mass is 290 g/mol. The lowest BCUT2D eigenvalue weighted by Crippen LogP contribution is -2.06. The van der Waals surface area contributed by atoms with E-state index in [4.69, 9.17) is 21.1 Å². The fourth-order valence-corrected chi connectivity index (χ4v) is 2.17. The van der Waals surface area contributed by atoms with Gasteiger partial charge in [0.1, 0.15) is 11.5 Å². The Labute approximate surface area is 123 Å². The zero-order valence-electron chi connectivity index (χ0n) is 11.4. The highest BCUT2D eigenvalue weighted by atomic mass is 35.5. The van der Waals surface area contributed by atoms with E-state index in [-0.39, 0.29) is 12.2 Å². The summed E-state index contributed by atoms with van der Waals surface area (Å²) in [6.45, 7) is 0. The van der Waals surface area contributed by atoms with E-state index in [9.17, 15) is 4.79 Å². The number of Topliss-reactive ketones (excluding diaryl/α,β-unsaturated/α-hetero) is 1. The number of methoxy groups -OCH3 is 2. The zero-order chi connectivity index (χ0) is 14.5. The highest BCUT2D eigenvalue weighted by molar-refractivity contribution is 6.30. The first-order chi connectivity index (χ1) is 9.65. The summed E-state index contributed by atoms with van der Waals surface area (Å²) in [5, 5.41) is 0.538. The van der Waals surface area contributed by atoms with E-state index in [0.29, 0.717) is 22.1 Å². The average Bonchev–Trinajstić information content (AvgIpc) is 2.47. The summed E-state index contributed by atoms with van der Waals surface area (Å²) < 4.78 is 10.5. The molecule has 3 nitrogen and oxygen atoms in total. The fraction of sp³-hybridized carbons (Fsp3) is 0.188. The Bertz CT molecular complexity index is 623. The molecule has 2 aromatic rings. The number of carbonyl (C=O) groups is 1. The average molecular weight is 291 g/mol. The molecule has 104 valence electrons. The maximum absolute atomic E-state index is 12.4. The third-order valence-corrected chi connectivity index (χ3v) is 3.24. The molecule has 0 aliphatic rings. The minimum Gasteiger partial charge on any atom is -0.496 e. The van der Waals surface area contributed by atoms with Gasteiger partial charge in [0.15, 0.2) is 5.78 Å². The van der Waals surface area contributed by atoms with Crippen molar-refractivity contribution in [3.8, 4) is 11.5 Å². The normalized spacial score (nSPS) is 10.2. The van der Waals surface area contributed by atoms with Gasteiger partial charge in [0.25, 0.3) is 0 Å². The zero-order valence-corrected chi connectivity index (χ0v) is 12.1. The molecular formula is C16H15ClO3. The van der Waals surface area contributed by atoms with Crippen LogP contribution in [0.1, 0.15) is 15.9 Å². The van der Waals surface area contributed by atoms with Crippen molar-refractivity contribution in [2.75, 3.05) is 14.2 Å². The second-order valence-electron chi connectivity index (χ2n) is 4.26. The first-order valence-electron chi connectivity index (χ1n) is 6.14. The Morgan fingerprint density at radius 1 is 1.05 bits per heavy atom. The number of ether oxygens (including phenoxy) is 2. The molecule has 0 radical (unpaired) electrons. The predicted molar refractivity (Wildman–Crippen MR) is 79.0 cm³/mol. The summed E-state index contributed by atoms with van der Waals surface area (Å²) in [5.74, 6) is 1.15. The summed E-state index contributed by atoms with van der Waals surface area (Å²) in [4.78, 5) is 12.4. The fourth-order valence-electron chi connectivity index (χ4n) is 2.01. The van der Waals surface area contributed by atoms with Crippen LogP contribution in [-0.2, 0) is 6.42 Å². The van der Waals surface area contributed by atoms with Crippen molar-refractivity contribution < 1.29 is 14.3 Å². The summed E-state index contributed by atoms with van der Waals surface area (Å²) in [6, 6.07) is 12.5. The molecule has 0 heterocycles. The molecule has 0 atom stereocenters. The van der Waals surface area contributed by atoms with E-state index in [1.807, 2.05) is 24.3 Å². The molecule has 0 aromatic heterocycles. The van der Waals surface area contributed by atoms with Gasteiger partial charge in [0, 0.05) is 17.0 Å². The second-order valence-corrected chi connectivity index (χ2v) is 4.69. The highest BCUT2D eigenvalue weighted by Crippen LogP contribution is 2.26. The molecule has 4 heteroatoms. The molecule has 0 fully saturated rings. The number of hydrogen-bond acceptors (Lipinski definition) is 3. The van der Waals surface area contributed by atoms with E-state index >= 15 is 0 Å². The van der Waals surface area contributed by atoms with Gasteiger partial charge in [-0.3, -0.25) is 4.79 Å². The summed E-state index contributed by atoms with van der Waals surface area (Å²) >= 11 is 5.90. The number of halogens is 1. The Hall–Kier alpha value is -2.00. The second kappa shape index (κ2) is 6.44. The minimum absolute atomic E-state index is 0.0389. The first kappa shape index (κ1) is 14.4. The predicted octanol–water partition coefficient (Wildman–Crippen LogP) is 3.78. The van der Waals surface area contributed by atoms with E-state index < -0.39 is 0 Å². The Morgan fingerprint density at radius 2 is 1.75 bits per heavy atom. The van der Waals surface area contributed by atoms with E-state index in [1.165, 1.54) is 7.11 Å². The van der Waals surface area contributed by atoms with Crippen molar-refractivity contribution in [2.24, 2.45) is 0 Å². The van der Waals surface area contributed by atoms with Crippen LogP contribution in [0.4, 0.5) is 0 Å². The Balaban J connectivity index is 2.28. The van der Waals surface area contributed by atoms with Gasteiger partial charge in [-0.2, -0.15) is 0 Å². The molecule has 0 saturated carbocycles. The van der Waals surface area contributed by atoms with E-state index in [2.05, 4.69) is 0 Å². The topological polar surface area (TPSA) is 35.5 Å². The lowest BCUT2D eigenvalue weighted by atomic mass is 10.0. The van der Waals surface area contributed by atoms with Crippen LogP contribution in [0.2, 0.25) is 5.02 Å². The lowest BCUT2D eigenvalue weighted by Gasteiger charge is -2.10. The minimum atomic E-state index is -0.0389. The molecular weight excluding hydrogens is 276 g/mol. The molecule has 0 unspecified atom stereocenters. The number of rotatable bonds is 5. The highest BCUT2D eigenvalue weighted by Gasteiger charge is 2.15. The Kier molecular flexibility index (Phi) is 4.64. The van der Waals surface area contributed by atoms with Crippen LogP contribution in [-0.4, -0.2) is 20.0 Å². The maximum Gasteiger partial charge on any atom is 0.171 e. The van der Waals surface area contributed by atoms with Crippen LogP contribution in [0, 0.1) is 0 Å². The third kappa shape index (κ3) is 3.11. The van der Waals surface area contributed by atoms with Crippen molar-refractivity contribution in [1.82, 2.24) is 0 Å². The molecule has 2 aromatic carbocycles. The van der Waals surface area contributed by atoms with Crippen LogP contribution in [0.5, 0.6) is 11.5 Å². The van der Waals surface area contributed by atoms with Gasteiger partial charge < -0.3 is 9.47 Å². The Morgan fingerprint density at radius 3 is 2.45 bits per heavy atom. The molecule has 0 aliphatic heterocycles. The van der Waals surface area contributed by atoms with Gasteiger partial charge in [-0.1, -0.05) is 29.8 Å². The van der Waals surface area contributed by atoms with Crippen LogP contribution < -0.4 is 9.47 Å². The summed E-state index contributed by atoms with van der Waals surface area (Å²) in [6.07, 6.45) is 0.252. The number of carbonyl (C=O) groups excluding carboxylic acids is 1. The standard InChI is InChI=1S/C16H15ClO3/c1-19-15-6-4-3-5-11(15)9-14(18)13-8-7-12(17)10-16(13)20-2/h3-8,10H,9H2,1-2H3. The first-order valence-corrected chi connectivity index (χ1v) is 6.52. The maximum atomic E-state index is 12.4. The molecule has 0 aliphatic carbocycles. The van der Waals surface area contributed by atoms with Crippen molar-refractivity contribution in [1.29, 1.82) is 0 Å². The van der Waals surface area contributed by atoms with Crippen LogP contribution in [0.25, 0.3) is 0 Å². The number of para-hydroxylation sites is 1. The SMILES string of the molecule is COc1ccccc1CC(=O)c1ccc(Cl)cc1OC. The summed E-state index contributed by atoms with van der Waals surface area (Å²) in [7, 11) is 3.11. The van der Waals surface area contributed by atoms with Crippen molar-refractivity contribution >= 4 is 17.4 Å². The van der Waals surface area contributed by atoms with Crippen LogP contribution in [0.3, 0.4) is 0 Å². The van der Waals surface area contributed by atoms with Crippen molar-refractivity contribution in [3.63, 3.8) is 0 Å². The smallest absolute Gasteiger partial charge is 0.171 e. The van der Waals surface area contributed by atoms with Gasteiger partial charge in [-0.05, 0) is 24.3 Å². The molecule has 2 rings (SSSR count). The molecule has 0 amide bonds. The third-order valence-electron chi connectivity index (χ3n) is 3.01. The lowest BCUT2D eigenvalue weighted by molar-refractivity contribution is 0.0989. The number of hydrogen-bond donors (Lipinski definition) is 0. The number of ketones is 1. The number of benzene rings is 2. The van der Waals surface area contributed by atoms with E-state index in [1.54, 1.807) is 25.3 Å². The quantitative estimate of drug-likeness (QED) is 0.786.